The summed E-state index contributed by atoms with van der Waals surface area (Å²) in [6, 6.07) is 13.4. The molecule has 0 spiro atoms. The average Bonchev–Trinajstić information content (AvgIpc) is 2.69. The Bertz CT molecular complexity index is 917. The van der Waals surface area contributed by atoms with Gasteiger partial charge in [0.1, 0.15) is 11.8 Å². The van der Waals surface area contributed by atoms with Crippen molar-refractivity contribution in [1.29, 1.82) is 0 Å². The molecular formula is C21H27ClN2O4S. The Morgan fingerprint density at radius 2 is 1.90 bits per heavy atom. The van der Waals surface area contributed by atoms with Crippen LogP contribution in [0.1, 0.15) is 25.3 Å². The fourth-order valence-electron chi connectivity index (χ4n) is 3.10. The normalized spacial score (nSPS) is 12.3. The highest BCUT2D eigenvalue weighted by molar-refractivity contribution is 7.92. The number of sulfonamides is 1. The smallest absolute Gasteiger partial charge is 0.243 e. The predicted molar refractivity (Wildman–Crippen MR) is 117 cm³/mol. The van der Waals surface area contributed by atoms with E-state index in [0.717, 1.165) is 34.7 Å². The largest absolute Gasteiger partial charge is 0.497 e. The van der Waals surface area contributed by atoms with Crippen molar-refractivity contribution in [3.63, 3.8) is 0 Å². The number of methoxy groups -OCH3 is 1. The highest BCUT2D eigenvalue weighted by atomic mass is 35.5. The first kappa shape index (κ1) is 23.0. The van der Waals surface area contributed by atoms with Crippen LogP contribution < -0.4 is 14.4 Å². The van der Waals surface area contributed by atoms with Crippen LogP contribution in [0.4, 0.5) is 5.69 Å². The van der Waals surface area contributed by atoms with Gasteiger partial charge in [-0.1, -0.05) is 30.7 Å². The topological polar surface area (TPSA) is 75.7 Å². The molecule has 2 aromatic rings. The van der Waals surface area contributed by atoms with Gasteiger partial charge >= 0.3 is 0 Å². The van der Waals surface area contributed by atoms with Crippen LogP contribution in [0.25, 0.3) is 0 Å². The maximum absolute atomic E-state index is 12.8. The second-order valence-electron chi connectivity index (χ2n) is 6.71. The predicted octanol–water partition coefficient (Wildman–Crippen LogP) is 3.64. The third kappa shape index (κ3) is 6.65. The fraction of sp³-hybridized carbons (Fsp3) is 0.381. The molecule has 0 aliphatic rings. The summed E-state index contributed by atoms with van der Waals surface area (Å²) in [6.45, 7) is 2.24. The van der Waals surface area contributed by atoms with Gasteiger partial charge in [-0.15, -0.1) is 0 Å². The van der Waals surface area contributed by atoms with E-state index in [2.05, 4.69) is 5.32 Å². The molecule has 1 unspecified atom stereocenters. The Labute approximate surface area is 177 Å². The summed E-state index contributed by atoms with van der Waals surface area (Å²) in [6.07, 6.45) is 2.95. The first-order chi connectivity index (χ1) is 13.8. The molecule has 0 fully saturated rings. The lowest BCUT2D eigenvalue weighted by Crippen LogP contribution is -2.49. The fourth-order valence-corrected chi connectivity index (χ4v) is 4.44. The molecule has 8 heteroatoms. The summed E-state index contributed by atoms with van der Waals surface area (Å²) in [5, 5.41) is 3.36. The summed E-state index contributed by atoms with van der Waals surface area (Å²) in [5.41, 5.74) is 1.53. The third-order valence-electron chi connectivity index (χ3n) is 4.49. The van der Waals surface area contributed by atoms with Gasteiger partial charge in [-0.25, -0.2) is 8.42 Å². The number of nitrogens with one attached hydrogen (secondary N) is 1. The summed E-state index contributed by atoms with van der Waals surface area (Å²) < 4.78 is 31.2. The number of amides is 1. The van der Waals surface area contributed by atoms with E-state index in [4.69, 9.17) is 16.3 Å². The van der Waals surface area contributed by atoms with E-state index in [-0.39, 0.29) is 5.91 Å². The van der Waals surface area contributed by atoms with Crippen molar-refractivity contribution in [3.8, 4) is 5.75 Å². The SMILES string of the molecule is CCC(C(=O)NCCCc1cccc(OC)c1)N(c1ccc(Cl)cc1)S(C)(=O)=O. The van der Waals surface area contributed by atoms with Crippen LogP contribution in [-0.2, 0) is 21.2 Å². The van der Waals surface area contributed by atoms with Gasteiger partial charge in [0.2, 0.25) is 15.9 Å². The molecule has 0 radical (unpaired) electrons. The monoisotopic (exact) mass is 438 g/mol. The molecule has 29 heavy (non-hydrogen) atoms. The Morgan fingerprint density at radius 1 is 1.21 bits per heavy atom. The minimum atomic E-state index is -3.65. The summed E-state index contributed by atoms with van der Waals surface area (Å²) in [5.74, 6) is 0.475. The number of halogens is 1. The van der Waals surface area contributed by atoms with Crippen molar-refractivity contribution < 1.29 is 17.9 Å². The van der Waals surface area contributed by atoms with Crippen LogP contribution in [0.3, 0.4) is 0 Å². The summed E-state index contributed by atoms with van der Waals surface area (Å²) in [7, 11) is -2.03. The molecule has 2 aromatic carbocycles. The molecule has 1 N–H and O–H groups in total. The Morgan fingerprint density at radius 3 is 2.48 bits per heavy atom. The molecule has 2 rings (SSSR count). The van der Waals surface area contributed by atoms with Gasteiger partial charge < -0.3 is 10.1 Å². The van der Waals surface area contributed by atoms with Crippen LogP contribution >= 0.6 is 11.6 Å². The van der Waals surface area contributed by atoms with Gasteiger partial charge in [-0.3, -0.25) is 9.10 Å². The van der Waals surface area contributed by atoms with Gasteiger partial charge in [0.05, 0.1) is 19.1 Å². The van der Waals surface area contributed by atoms with Crippen molar-refractivity contribution in [1.82, 2.24) is 5.32 Å². The second-order valence-corrected chi connectivity index (χ2v) is 9.00. The van der Waals surface area contributed by atoms with Gasteiger partial charge in [-0.05, 0) is 61.2 Å². The minimum absolute atomic E-state index is 0.321. The van der Waals surface area contributed by atoms with Crippen LogP contribution in [0.15, 0.2) is 48.5 Å². The second kappa shape index (κ2) is 10.5. The molecule has 1 atom stereocenters. The lowest BCUT2D eigenvalue weighted by molar-refractivity contribution is -0.122. The van der Waals surface area contributed by atoms with E-state index in [0.29, 0.717) is 23.7 Å². The van der Waals surface area contributed by atoms with E-state index >= 15 is 0 Å². The number of benzene rings is 2. The molecular weight excluding hydrogens is 412 g/mol. The van der Waals surface area contributed by atoms with Crippen LogP contribution in [-0.4, -0.2) is 40.3 Å². The molecule has 0 aromatic heterocycles. The number of nitrogens with zero attached hydrogens (tertiary/aromatic N) is 1. The molecule has 6 nitrogen and oxygen atoms in total. The van der Waals surface area contributed by atoms with E-state index in [9.17, 15) is 13.2 Å². The molecule has 0 aliphatic carbocycles. The first-order valence-electron chi connectivity index (χ1n) is 9.42. The standard InChI is InChI=1S/C21H27ClN2O4S/c1-4-20(24(29(3,26)27)18-12-10-17(22)11-13-18)21(25)23-14-6-8-16-7-5-9-19(15-16)28-2/h5,7,9-13,15,20H,4,6,8,14H2,1-3H3,(H,23,25). The van der Waals surface area contributed by atoms with Crippen molar-refractivity contribution in [2.24, 2.45) is 0 Å². The average molecular weight is 439 g/mol. The molecule has 158 valence electrons. The van der Waals surface area contributed by atoms with Crippen LogP contribution in [0.5, 0.6) is 5.75 Å². The first-order valence-corrected chi connectivity index (χ1v) is 11.6. The third-order valence-corrected chi connectivity index (χ3v) is 5.92. The number of rotatable bonds is 10. The number of carbonyl (C=O) groups is 1. The molecule has 0 saturated carbocycles. The number of anilines is 1. The number of aryl methyl sites for hydroxylation is 1. The van der Waals surface area contributed by atoms with Gasteiger partial charge in [-0.2, -0.15) is 0 Å². The zero-order valence-electron chi connectivity index (χ0n) is 16.9. The zero-order valence-corrected chi connectivity index (χ0v) is 18.5. The Balaban J connectivity index is 2.02. The maximum atomic E-state index is 12.8. The lowest BCUT2D eigenvalue weighted by atomic mass is 10.1. The molecule has 0 saturated heterocycles. The van der Waals surface area contributed by atoms with Crippen LogP contribution in [0, 0.1) is 0 Å². The molecule has 0 aliphatic heterocycles. The number of carbonyl (C=O) groups excluding carboxylic acids is 1. The number of ether oxygens (including phenoxy) is 1. The van der Waals surface area contributed by atoms with Crippen molar-refractivity contribution >= 4 is 33.2 Å². The van der Waals surface area contributed by atoms with E-state index < -0.39 is 16.1 Å². The summed E-state index contributed by atoms with van der Waals surface area (Å²) in [4.78, 5) is 12.8. The highest BCUT2D eigenvalue weighted by Crippen LogP contribution is 2.24. The highest BCUT2D eigenvalue weighted by Gasteiger charge is 2.31. The Hall–Kier alpha value is -2.25. The minimum Gasteiger partial charge on any atom is -0.497 e. The summed E-state index contributed by atoms with van der Waals surface area (Å²) >= 11 is 5.91. The quantitative estimate of drug-likeness (QED) is 0.574. The van der Waals surface area contributed by atoms with Crippen LogP contribution in [0.2, 0.25) is 5.02 Å². The van der Waals surface area contributed by atoms with E-state index in [1.54, 1.807) is 38.3 Å². The van der Waals surface area contributed by atoms with Crippen molar-refractivity contribution in [2.75, 3.05) is 24.2 Å². The maximum Gasteiger partial charge on any atom is 0.243 e. The van der Waals surface area contributed by atoms with Gasteiger partial charge in [0.15, 0.2) is 0 Å². The molecule has 0 heterocycles. The number of hydrogen-bond acceptors (Lipinski definition) is 4. The van der Waals surface area contributed by atoms with E-state index in [1.807, 2.05) is 24.3 Å². The molecule has 1 amide bonds. The van der Waals surface area contributed by atoms with E-state index in [1.165, 1.54) is 0 Å². The van der Waals surface area contributed by atoms with Gasteiger partial charge in [0.25, 0.3) is 0 Å². The zero-order chi connectivity index (χ0) is 21.4. The van der Waals surface area contributed by atoms with Crippen molar-refractivity contribution in [3.05, 3.63) is 59.1 Å². The lowest BCUT2D eigenvalue weighted by Gasteiger charge is -2.30. The number of hydrogen-bond donors (Lipinski definition) is 1. The molecule has 0 bridgehead atoms. The van der Waals surface area contributed by atoms with Gasteiger partial charge in [0, 0.05) is 11.6 Å². The Kier molecular flexibility index (Phi) is 8.34. The van der Waals surface area contributed by atoms with Crippen molar-refractivity contribution in [2.45, 2.75) is 32.2 Å².